The molecule has 0 aliphatic carbocycles. The van der Waals surface area contributed by atoms with Crippen molar-refractivity contribution in [2.75, 3.05) is 69.2 Å². The number of benzene rings is 2. The van der Waals surface area contributed by atoms with Crippen LogP contribution in [-0.2, 0) is 9.53 Å². The maximum absolute atomic E-state index is 14.1. The van der Waals surface area contributed by atoms with Gasteiger partial charge < -0.3 is 20.3 Å². The number of nitrogens with one attached hydrogen (secondary N) is 2. The summed E-state index contributed by atoms with van der Waals surface area (Å²) in [5.41, 5.74) is 2.96. The molecule has 0 spiro atoms. The van der Waals surface area contributed by atoms with E-state index >= 15 is 0 Å². The molecule has 2 aromatic heterocycles. The first-order valence-electron chi connectivity index (χ1n) is 13.4. The van der Waals surface area contributed by atoms with Crippen molar-refractivity contribution in [3.8, 4) is 17.2 Å². The molecule has 2 aliphatic rings. The lowest BCUT2D eigenvalue weighted by molar-refractivity contribution is -0.117. The number of nitrogens with zero attached hydrogens (tertiary/aromatic N) is 6. The van der Waals surface area contributed by atoms with E-state index in [2.05, 4.69) is 25.4 Å². The number of rotatable bonds is 7. The van der Waals surface area contributed by atoms with E-state index in [-0.39, 0.29) is 11.9 Å². The number of amides is 1. The molecule has 2 aromatic carbocycles. The van der Waals surface area contributed by atoms with E-state index in [0.29, 0.717) is 61.1 Å². The Morgan fingerprint density at radius 1 is 0.975 bits per heavy atom. The number of carbonyl (C=O) groups excluding carboxylic acids is 1. The number of alkyl halides is 2. The highest BCUT2D eigenvalue weighted by Crippen LogP contribution is 2.30. The van der Waals surface area contributed by atoms with E-state index in [4.69, 9.17) is 14.7 Å². The number of piperazine rings is 1. The van der Waals surface area contributed by atoms with Crippen molar-refractivity contribution in [1.29, 1.82) is 0 Å². The molecular formula is C28H30F2N8O2. The Bertz CT molecular complexity index is 1480. The first kappa shape index (κ1) is 26.2. The summed E-state index contributed by atoms with van der Waals surface area (Å²) in [4.78, 5) is 30.3. The third kappa shape index (κ3) is 5.64. The summed E-state index contributed by atoms with van der Waals surface area (Å²) in [5.74, 6) is 0.264. The smallest absolute Gasteiger partial charge is 0.296 e. The van der Waals surface area contributed by atoms with Crippen LogP contribution >= 0.6 is 0 Å². The number of aromatic nitrogens is 4. The zero-order valence-electron chi connectivity index (χ0n) is 21.9. The van der Waals surface area contributed by atoms with Gasteiger partial charge in [0, 0.05) is 56.6 Å². The molecule has 2 aliphatic heterocycles. The van der Waals surface area contributed by atoms with E-state index in [1.54, 1.807) is 24.3 Å². The Balaban J connectivity index is 1.33. The number of halogens is 2. The average molecular weight is 549 g/mol. The van der Waals surface area contributed by atoms with Crippen LogP contribution in [0.4, 0.5) is 20.3 Å². The number of morpholine rings is 1. The average Bonchev–Trinajstić information content (AvgIpc) is 3.39. The highest BCUT2D eigenvalue weighted by Gasteiger charge is 2.24. The molecule has 0 radical (unpaired) electrons. The molecule has 10 nitrogen and oxygen atoms in total. The standard InChI is InChI=1S/C28H30F2N8O2/c29-26(30)27-33-21-3-1-2-4-23(21)38(27)28-34-22(17-24(35-28)37-13-15-40-16-14-37)19-5-7-20(8-6-19)32-25(39)18-36-11-9-31-10-12-36/h1-8,17,26,31H,9-16,18H2,(H,32,39). The molecular weight excluding hydrogens is 518 g/mol. The quantitative estimate of drug-likeness (QED) is 0.364. The number of fused-ring (bicyclic) bond motifs is 1. The van der Waals surface area contributed by atoms with Gasteiger partial charge in [0.15, 0.2) is 5.82 Å². The van der Waals surface area contributed by atoms with Gasteiger partial charge in [-0.25, -0.2) is 18.7 Å². The van der Waals surface area contributed by atoms with Gasteiger partial charge in [0.2, 0.25) is 11.9 Å². The van der Waals surface area contributed by atoms with Crippen molar-refractivity contribution in [1.82, 2.24) is 29.7 Å². The number of hydrogen-bond donors (Lipinski definition) is 2. The van der Waals surface area contributed by atoms with Gasteiger partial charge in [-0.2, -0.15) is 4.98 Å². The van der Waals surface area contributed by atoms with E-state index in [0.717, 1.165) is 31.7 Å². The van der Waals surface area contributed by atoms with Gasteiger partial charge in [-0.05, 0) is 24.3 Å². The SMILES string of the molecule is O=C(CN1CCNCC1)Nc1ccc(-c2cc(N3CCOCC3)nc(-n3c(C(F)F)nc4ccccc43)n2)cc1. The van der Waals surface area contributed by atoms with Crippen molar-refractivity contribution in [2.24, 2.45) is 0 Å². The van der Waals surface area contributed by atoms with Crippen LogP contribution < -0.4 is 15.5 Å². The summed E-state index contributed by atoms with van der Waals surface area (Å²) < 4.78 is 35.1. The zero-order valence-corrected chi connectivity index (χ0v) is 21.9. The number of hydrogen-bond acceptors (Lipinski definition) is 8. The maximum Gasteiger partial charge on any atom is 0.296 e. The van der Waals surface area contributed by atoms with Gasteiger partial charge in [-0.1, -0.05) is 24.3 Å². The topological polar surface area (TPSA) is 100 Å². The summed E-state index contributed by atoms with van der Waals surface area (Å²) in [6, 6.07) is 16.2. The number of anilines is 2. The largest absolute Gasteiger partial charge is 0.378 e. The number of ether oxygens (including phenoxy) is 1. The Morgan fingerprint density at radius 3 is 2.48 bits per heavy atom. The molecule has 2 saturated heterocycles. The molecule has 2 N–H and O–H groups in total. The van der Waals surface area contributed by atoms with E-state index in [1.807, 2.05) is 30.3 Å². The van der Waals surface area contributed by atoms with Crippen molar-refractivity contribution in [3.63, 3.8) is 0 Å². The minimum absolute atomic E-state index is 0.0694. The Hall–Kier alpha value is -4.00. The second-order valence-electron chi connectivity index (χ2n) is 9.76. The molecule has 12 heteroatoms. The zero-order chi connectivity index (χ0) is 27.5. The molecule has 0 unspecified atom stereocenters. The normalized spacial score (nSPS) is 16.5. The first-order valence-corrected chi connectivity index (χ1v) is 13.4. The molecule has 40 heavy (non-hydrogen) atoms. The van der Waals surface area contributed by atoms with Gasteiger partial charge in [0.05, 0.1) is 36.5 Å². The molecule has 0 bridgehead atoms. The van der Waals surface area contributed by atoms with Crippen molar-refractivity contribution in [3.05, 3.63) is 60.4 Å². The third-order valence-corrected chi connectivity index (χ3v) is 7.06. The Morgan fingerprint density at radius 2 is 1.73 bits per heavy atom. The van der Waals surface area contributed by atoms with Crippen molar-refractivity contribution >= 4 is 28.4 Å². The molecule has 4 heterocycles. The second kappa shape index (κ2) is 11.6. The summed E-state index contributed by atoms with van der Waals surface area (Å²) >= 11 is 0. The monoisotopic (exact) mass is 548 g/mol. The van der Waals surface area contributed by atoms with Gasteiger partial charge >= 0.3 is 0 Å². The lowest BCUT2D eigenvalue weighted by Gasteiger charge is -2.28. The van der Waals surface area contributed by atoms with Crippen LogP contribution in [0.1, 0.15) is 12.2 Å². The van der Waals surface area contributed by atoms with Crippen molar-refractivity contribution < 1.29 is 18.3 Å². The fourth-order valence-corrected chi connectivity index (χ4v) is 5.02. The first-order chi connectivity index (χ1) is 19.5. The predicted octanol–water partition coefficient (Wildman–Crippen LogP) is 3.10. The van der Waals surface area contributed by atoms with E-state index < -0.39 is 12.2 Å². The minimum Gasteiger partial charge on any atom is -0.378 e. The van der Waals surface area contributed by atoms with Crippen LogP contribution in [0.3, 0.4) is 0 Å². The van der Waals surface area contributed by atoms with Crippen LogP contribution in [0.25, 0.3) is 28.2 Å². The van der Waals surface area contributed by atoms with Crippen LogP contribution in [0.5, 0.6) is 0 Å². The summed E-state index contributed by atoms with van der Waals surface area (Å²) in [6.07, 6.45) is -2.81. The Labute approximate surface area is 230 Å². The van der Waals surface area contributed by atoms with Gasteiger partial charge in [0.1, 0.15) is 5.82 Å². The van der Waals surface area contributed by atoms with Crippen LogP contribution in [0, 0.1) is 0 Å². The third-order valence-electron chi connectivity index (χ3n) is 7.06. The lowest BCUT2D eigenvalue weighted by Crippen LogP contribution is -2.46. The van der Waals surface area contributed by atoms with E-state index in [9.17, 15) is 13.6 Å². The predicted molar refractivity (Wildman–Crippen MR) is 148 cm³/mol. The molecule has 0 saturated carbocycles. The van der Waals surface area contributed by atoms with Gasteiger partial charge in [0.25, 0.3) is 6.43 Å². The number of imidazole rings is 1. The molecule has 6 rings (SSSR count). The van der Waals surface area contributed by atoms with E-state index in [1.165, 1.54) is 4.57 Å². The number of carbonyl (C=O) groups is 1. The lowest BCUT2D eigenvalue weighted by atomic mass is 10.1. The van der Waals surface area contributed by atoms with Gasteiger partial charge in [-0.3, -0.25) is 14.3 Å². The highest BCUT2D eigenvalue weighted by molar-refractivity contribution is 5.92. The van der Waals surface area contributed by atoms with Crippen LogP contribution in [0.2, 0.25) is 0 Å². The molecule has 1 amide bonds. The van der Waals surface area contributed by atoms with Crippen LogP contribution in [-0.4, -0.2) is 89.4 Å². The van der Waals surface area contributed by atoms with Crippen LogP contribution in [0.15, 0.2) is 54.6 Å². The second-order valence-corrected chi connectivity index (χ2v) is 9.76. The summed E-state index contributed by atoms with van der Waals surface area (Å²) in [6.45, 7) is 6.13. The Kier molecular flexibility index (Phi) is 7.62. The number of para-hydroxylation sites is 2. The summed E-state index contributed by atoms with van der Waals surface area (Å²) in [7, 11) is 0. The maximum atomic E-state index is 14.1. The highest BCUT2D eigenvalue weighted by atomic mass is 19.3. The molecule has 0 atom stereocenters. The molecule has 208 valence electrons. The molecule has 4 aromatic rings. The fourth-order valence-electron chi connectivity index (χ4n) is 5.02. The van der Waals surface area contributed by atoms with Crippen molar-refractivity contribution in [2.45, 2.75) is 6.43 Å². The van der Waals surface area contributed by atoms with Gasteiger partial charge in [-0.15, -0.1) is 0 Å². The molecule has 2 fully saturated rings. The fraction of sp³-hybridized carbons (Fsp3) is 0.357. The summed E-state index contributed by atoms with van der Waals surface area (Å²) in [5, 5.41) is 6.23. The minimum atomic E-state index is -2.81.